The molecule has 1 aromatic heterocycles. The third kappa shape index (κ3) is 4.05. The van der Waals surface area contributed by atoms with E-state index in [0.717, 1.165) is 24.4 Å². The second-order valence-electron chi connectivity index (χ2n) is 3.04. The quantitative estimate of drug-likeness (QED) is 0.588. The van der Waals surface area contributed by atoms with E-state index in [2.05, 4.69) is 16.6 Å². The fourth-order valence-electron chi connectivity index (χ4n) is 1.18. The molecule has 0 aliphatic rings. The van der Waals surface area contributed by atoms with Crippen molar-refractivity contribution < 1.29 is 0 Å². The Morgan fingerprint density at radius 2 is 2.47 bits per heavy atom. The summed E-state index contributed by atoms with van der Waals surface area (Å²) >= 11 is 6.76. The van der Waals surface area contributed by atoms with Crippen molar-refractivity contribution in [1.29, 1.82) is 0 Å². The van der Waals surface area contributed by atoms with Crippen LogP contribution in [0.2, 0.25) is 0 Å². The van der Waals surface area contributed by atoms with Gasteiger partial charge < -0.3 is 11.1 Å². The van der Waals surface area contributed by atoms with Crippen molar-refractivity contribution in [2.24, 2.45) is 5.73 Å². The van der Waals surface area contributed by atoms with Gasteiger partial charge >= 0.3 is 0 Å². The van der Waals surface area contributed by atoms with Gasteiger partial charge in [-0.25, -0.2) is 0 Å². The van der Waals surface area contributed by atoms with Gasteiger partial charge in [-0.2, -0.15) is 11.8 Å². The molecule has 0 amide bonds. The van der Waals surface area contributed by atoms with Crippen molar-refractivity contribution in [3.8, 4) is 0 Å². The number of thiocarbonyl (C=S) groups is 1. The summed E-state index contributed by atoms with van der Waals surface area (Å²) in [5.41, 5.74) is 7.17. The van der Waals surface area contributed by atoms with Gasteiger partial charge in [0.2, 0.25) is 0 Å². The molecule has 5 heteroatoms. The lowest BCUT2D eigenvalue weighted by molar-refractivity contribution is 0.990. The molecule has 0 atom stereocenters. The summed E-state index contributed by atoms with van der Waals surface area (Å²) in [4.78, 5) is 4.48. The molecule has 0 saturated carbocycles. The summed E-state index contributed by atoms with van der Waals surface area (Å²) < 4.78 is 0. The van der Waals surface area contributed by atoms with E-state index in [9.17, 15) is 0 Å². The summed E-state index contributed by atoms with van der Waals surface area (Å²) in [7, 11) is 0. The molecular formula is C10H15N3S2. The van der Waals surface area contributed by atoms with E-state index in [1.165, 1.54) is 0 Å². The lowest BCUT2D eigenvalue weighted by Crippen LogP contribution is -2.15. The lowest BCUT2D eigenvalue weighted by atomic mass is 10.3. The van der Waals surface area contributed by atoms with Crippen LogP contribution in [0.4, 0.5) is 5.69 Å². The zero-order valence-corrected chi connectivity index (χ0v) is 10.3. The number of pyridine rings is 1. The van der Waals surface area contributed by atoms with Crippen LogP contribution in [-0.4, -0.2) is 28.5 Å². The van der Waals surface area contributed by atoms with Crippen LogP contribution in [-0.2, 0) is 0 Å². The van der Waals surface area contributed by atoms with Crippen molar-refractivity contribution in [2.45, 2.75) is 6.42 Å². The highest BCUT2D eigenvalue weighted by Gasteiger charge is 2.04. The summed E-state index contributed by atoms with van der Waals surface area (Å²) in [6.07, 6.45) is 4.92. The van der Waals surface area contributed by atoms with E-state index >= 15 is 0 Å². The highest BCUT2D eigenvalue weighted by Crippen LogP contribution is 2.11. The Kier molecular flexibility index (Phi) is 5.42. The molecule has 0 saturated heterocycles. The van der Waals surface area contributed by atoms with Crippen molar-refractivity contribution in [3.05, 3.63) is 24.0 Å². The van der Waals surface area contributed by atoms with E-state index in [1.54, 1.807) is 6.20 Å². The third-order valence-electron chi connectivity index (χ3n) is 1.88. The first-order chi connectivity index (χ1) is 7.25. The Labute approximate surface area is 99.8 Å². The van der Waals surface area contributed by atoms with Crippen LogP contribution in [0.25, 0.3) is 0 Å². The first-order valence-electron chi connectivity index (χ1n) is 4.73. The number of nitrogens with two attached hydrogens (primary N) is 1. The second kappa shape index (κ2) is 6.63. The molecule has 0 fully saturated rings. The van der Waals surface area contributed by atoms with E-state index in [-0.39, 0.29) is 0 Å². The van der Waals surface area contributed by atoms with Crippen LogP contribution in [0, 0.1) is 0 Å². The van der Waals surface area contributed by atoms with Gasteiger partial charge in [-0.05, 0) is 30.6 Å². The zero-order chi connectivity index (χ0) is 11.1. The third-order valence-corrected chi connectivity index (χ3v) is 2.77. The highest BCUT2D eigenvalue weighted by molar-refractivity contribution is 7.98. The molecule has 15 heavy (non-hydrogen) atoms. The minimum absolute atomic E-state index is 0.336. The molecule has 0 aliphatic heterocycles. The topological polar surface area (TPSA) is 50.9 Å². The standard InChI is InChI=1S/C10H15N3S2/c1-15-7-3-6-12-8-4-2-5-13-9(8)10(11)14/h2,4-5,12H,3,6-7H2,1H3,(H2,11,14). The van der Waals surface area contributed by atoms with Crippen LogP contribution in [0.1, 0.15) is 12.1 Å². The number of hydrogen-bond donors (Lipinski definition) is 2. The summed E-state index contributed by atoms with van der Waals surface area (Å²) in [6, 6.07) is 3.82. The molecule has 0 aliphatic carbocycles. The van der Waals surface area contributed by atoms with Gasteiger partial charge in [0.25, 0.3) is 0 Å². The first kappa shape index (κ1) is 12.3. The average molecular weight is 241 g/mol. The molecule has 3 nitrogen and oxygen atoms in total. The smallest absolute Gasteiger partial charge is 0.124 e. The molecule has 1 aromatic rings. The van der Waals surface area contributed by atoms with Crippen molar-refractivity contribution >= 4 is 34.7 Å². The monoisotopic (exact) mass is 241 g/mol. The fourth-order valence-corrected chi connectivity index (χ4v) is 1.78. The maximum atomic E-state index is 5.57. The fraction of sp³-hybridized carbons (Fsp3) is 0.400. The lowest BCUT2D eigenvalue weighted by Gasteiger charge is -2.09. The molecule has 82 valence electrons. The number of hydrogen-bond acceptors (Lipinski definition) is 4. The van der Waals surface area contributed by atoms with Crippen LogP contribution in [0.5, 0.6) is 0 Å². The predicted molar refractivity (Wildman–Crippen MR) is 71.6 cm³/mol. The number of aromatic nitrogens is 1. The minimum atomic E-state index is 0.336. The SMILES string of the molecule is CSCCCNc1cccnc1C(N)=S. The van der Waals surface area contributed by atoms with Gasteiger partial charge in [0.1, 0.15) is 10.7 Å². The van der Waals surface area contributed by atoms with Crippen molar-refractivity contribution in [2.75, 3.05) is 23.9 Å². The first-order valence-corrected chi connectivity index (χ1v) is 6.53. The maximum absolute atomic E-state index is 5.57. The normalized spacial score (nSPS) is 9.93. The van der Waals surface area contributed by atoms with Gasteiger partial charge in [-0.3, -0.25) is 4.98 Å². The Bertz CT molecular complexity index is 328. The molecule has 3 N–H and O–H groups in total. The summed E-state index contributed by atoms with van der Waals surface area (Å²) in [5, 5.41) is 3.29. The number of anilines is 1. The average Bonchev–Trinajstić information content (AvgIpc) is 2.25. The van der Waals surface area contributed by atoms with Crippen LogP contribution >= 0.6 is 24.0 Å². The number of nitrogens with zero attached hydrogens (tertiary/aromatic N) is 1. The van der Waals surface area contributed by atoms with E-state index in [4.69, 9.17) is 18.0 Å². The van der Waals surface area contributed by atoms with Gasteiger partial charge in [-0.15, -0.1) is 0 Å². The van der Waals surface area contributed by atoms with E-state index < -0.39 is 0 Å². The second-order valence-corrected chi connectivity index (χ2v) is 4.46. The molecule has 0 spiro atoms. The number of nitrogens with one attached hydrogen (secondary N) is 1. The predicted octanol–water partition coefficient (Wildman–Crippen LogP) is 1.88. The maximum Gasteiger partial charge on any atom is 0.124 e. The van der Waals surface area contributed by atoms with Crippen molar-refractivity contribution in [3.63, 3.8) is 0 Å². The van der Waals surface area contributed by atoms with Gasteiger partial charge in [0.15, 0.2) is 0 Å². The Balaban J connectivity index is 2.56. The van der Waals surface area contributed by atoms with Crippen LogP contribution in [0.3, 0.4) is 0 Å². The van der Waals surface area contributed by atoms with Crippen LogP contribution in [0.15, 0.2) is 18.3 Å². The number of thioether (sulfide) groups is 1. The Morgan fingerprint density at radius 3 is 3.13 bits per heavy atom. The van der Waals surface area contributed by atoms with E-state index in [0.29, 0.717) is 10.7 Å². The summed E-state index contributed by atoms with van der Waals surface area (Å²) in [6.45, 7) is 0.919. The Morgan fingerprint density at radius 1 is 1.67 bits per heavy atom. The highest BCUT2D eigenvalue weighted by atomic mass is 32.2. The minimum Gasteiger partial charge on any atom is -0.388 e. The molecule has 1 rings (SSSR count). The largest absolute Gasteiger partial charge is 0.388 e. The van der Waals surface area contributed by atoms with Gasteiger partial charge in [-0.1, -0.05) is 12.2 Å². The number of rotatable bonds is 6. The molecular weight excluding hydrogens is 226 g/mol. The van der Waals surface area contributed by atoms with Gasteiger partial charge in [0, 0.05) is 12.7 Å². The van der Waals surface area contributed by atoms with E-state index in [1.807, 2.05) is 23.9 Å². The molecule has 1 heterocycles. The Hall–Kier alpha value is -0.810. The zero-order valence-electron chi connectivity index (χ0n) is 8.69. The van der Waals surface area contributed by atoms with Crippen LogP contribution < -0.4 is 11.1 Å². The molecule has 0 bridgehead atoms. The molecule has 0 radical (unpaired) electrons. The molecule has 0 unspecified atom stereocenters. The summed E-state index contributed by atoms with van der Waals surface area (Å²) in [5.74, 6) is 1.15. The molecule has 0 aromatic carbocycles. The van der Waals surface area contributed by atoms with Gasteiger partial charge in [0.05, 0.1) is 5.69 Å². The van der Waals surface area contributed by atoms with Crippen molar-refractivity contribution in [1.82, 2.24) is 4.98 Å².